The van der Waals surface area contributed by atoms with E-state index in [2.05, 4.69) is 4.74 Å². The van der Waals surface area contributed by atoms with Crippen LogP contribution < -0.4 is 0 Å². The first kappa shape index (κ1) is 7.36. The van der Waals surface area contributed by atoms with Crippen molar-refractivity contribution in [3.05, 3.63) is 0 Å². The second-order valence-electron chi connectivity index (χ2n) is 1.22. The lowest BCUT2D eigenvalue weighted by Crippen LogP contribution is -2.24. The van der Waals surface area contributed by atoms with Gasteiger partial charge in [0.2, 0.25) is 0 Å². The second-order valence-corrected chi connectivity index (χ2v) is 1.22. The quantitative estimate of drug-likeness (QED) is 0.575. The molecule has 0 aliphatic carbocycles. The first-order valence-corrected chi connectivity index (χ1v) is 2.04. The summed E-state index contributed by atoms with van der Waals surface area (Å²) in [6.45, 7) is -0.980. The summed E-state index contributed by atoms with van der Waals surface area (Å²) >= 11 is 0. The van der Waals surface area contributed by atoms with E-state index < -0.39 is 18.7 Å². The maximum atomic E-state index is 11.4. The fourth-order valence-electron chi connectivity index (χ4n) is 0.230. The van der Waals surface area contributed by atoms with E-state index >= 15 is 0 Å². The van der Waals surface area contributed by atoms with Crippen LogP contribution in [0.5, 0.6) is 0 Å². The average Bonchev–Trinajstić information content (AvgIpc) is 1.69. The van der Waals surface area contributed by atoms with Gasteiger partial charge in [0.1, 0.15) is 6.67 Å². The van der Waals surface area contributed by atoms with Gasteiger partial charge in [-0.2, -0.15) is 0 Å². The first-order chi connectivity index (χ1) is 3.72. The third kappa shape index (κ3) is 1.88. The molecule has 8 heavy (non-hydrogen) atoms. The van der Waals surface area contributed by atoms with Crippen molar-refractivity contribution >= 4 is 5.97 Å². The van der Waals surface area contributed by atoms with Crippen LogP contribution in [0.1, 0.15) is 0 Å². The SMILES string of the molecule is COC(CF)C(=O)O. The lowest BCUT2D eigenvalue weighted by Gasteiger charge is -2.02. The van der Waals surface area contributed by atoms with Crippen molar-refractivity contribution in [1.29, 1.82) is 0 Å². The Morgan fingerprint density at radius 1 is 2.00 bits per heavy atom. The molecule has 3 nitrogen and oxygen atoms in total. The fraction of sp³-hybridized carbons (Fsp3) is 0.750. The number of rotatable bonds is 3. The Morgan fingerprint density at radius 2 is 2.50 bits per heavy atom. The van der Waals surface area contributed by atoms with Gasteiger partial charge in [-0.1, -0.05) is 0 Å². The summed E-state index contributed by atoms with van der Waals surface area (Å²) < 4.78 is 15.6. The molecule has 1 N–H and O–H groups in total. The van der Waals surface area contributed by atoms with Crippen LogP contribution in [-0.4, -0.2) is 31.0 Å². The van der Waals surface area contributed by atoms with Crippen LogP contribution in [0.15, 0.2) is 0 Å². The van der Waals surface area contributed by atoms with E-state index in [-0.39, 0.29) is 0 Å². The zero-order chi connectivity index (χ0) is 6.57. The number of carboxylic acid groups (broad SMARTS) is 1. The van der Waals surface area contributed by atoms with Gasteiger partial charge < -0.3 is 9.84 Å². The second kappa shape index (κ2) is 3.37. The topological polar surface area (TPSA) is 46.5 Å². The monoisotopic (exact) mass is 122 g/mol. The van der Waals surface area contributed by atoms with Crippen molar-refractivity contribution < 1.29 is 19.0 Å². The lowest BCUT2D eigenvalue weighted by molar-refractivity contribution is -0.149. The molecule has 0 bridgehead atoms. The molecule has 48 valence electrons. The van der Waals surface area contributed by atoms with Crippen LogP contribution in [-0.2, 0) is 9.53 Å². The van der Waals surface area contributed by atoms with Crippen molar-refractivity contribution in [3.63, 3.8) is 0 Å². The van der Waals surface area contributed by atoms with E-state index in [1.54, 1.807) is 0 Å². The number of carbonyl (C=O) groups is 1. The summed E-state index contributed by atoms with van der Waals surface area (Å²) in [5.41, 5.74) is 0. The Bertz CT molecular complexity index is 79.4. The van der Waals surface area contributed by atoms with E-state index in [9.17, 15) is 9.18 Å². The molecule has 1 atom stereocenters. The van der Waals surface area contributed by atoms with Gasteiger partial charge in [-0.25, -0.2) is 9.18 Å². The van der Waals surface area contributed by atoms with Crippen LogP contribution in [0.25, 0.3) is 0 Å². The molecule has 0 aliphatic rings. The van der Waals surface area contributed by atoms with Crippen molar-refractivity contribution in [2.75, 3.05) is 13.8 Å². The highest BCUT2D eigenvalue weighted by atomic mass is 19.1. The number of alkyl halides is 1. The zero-order valence-electron chi connectivity index (χ0n) is 4.43. The number of halogens is 1. The fourth-order valence-corrected chi connectivity index (χ4v) is 0.230. The van der Waals surface area contributed by atoms with Crippen molar-refractivity contribution in [1.82, 2.24) is 0 Å². The molecule has 1 unspecified atom stereocenters. The van der Waals surface area contributed by atoms with Gasteiger partial charge in [-0.05, 0) is 0 Å². The number of methoxy groups -OCH3 is 1. The molecule has 4 heteroatoms. The molecular formula is C4H7FO3. The van der Waals surface area contributed by atoms with E-state index in [0.29, 0.717) is 0 Å². The van der Waals surface area contributed by atoms with Crippen LogP contribution in [0.4, 0.5) is 4.39 Å². The van der Waals surface area contributed by atoms with Gasteiger partial charge in [0.05, 0.1) is 0 Å². The highest BCUT2D eigenvalue weighted by Gasteiger charge is 2.14. The van der Waals surface area contributed by atoms with Crippen molar-refractivity contribution in [2.24, 2.45) is 0 Å². The molecule has 0 amide bonds. The molecule has 0 aliphatic heterocycles. The maximum absolute atomic E-state index is 11.4. The molecule has 0 fully saturated rings. The Balaban J connectivity index is 3.52. The van der Waals surface area contributed by atoms with E-state index in [4.69, 9.17) is 5.11 Å². The average molecular weight is 122 g/mol. The smallest absolute Gasteiger partial charge is 0.335 e. The molecule has 0 spiro atoms. The Kier molecular flexibility index (Phi) is 3.10. The third-order valence-electron chi connectivity index (χ3n) is 0.700. The summed E-state index contributed by atoms with van der Waals surface area (Å²) in [5, 5.41) is 8.01. The molecule has 0 aromatic carbocycles. The minimum Gasteiger partial charge on any atom is -0.479 e. The van der Waals surface area contributed by atoms with Crippen molar-refractivity contribution in [3.8, 4) is 0 Å². The van der Waals surface area contributed by atoms with E-state index in [1.807, 2.05) is 0 Å². The van der Waals surface area contributed by atoms with Gasteiger partial charge in [-0.3, -0.25) is 0 Å². The highest BCUT2D eigenvalue weighted by molar-refractivity contribution is 5.72. The summed E-state index contributed by atoms with van der Waals surface area (Å²) in [5.74, 6) is -1.27. The summed E-state index contributed by atoms with van der Waals surface area (Å²) in [4.78, 5) is 9.80. The first-order valence-electron chi connectivity index (χ1n) is 2.04. The van der Waals surface area contributed by atoms with Gasteiger partial charge in [0.25, 0.3) is 0 Å². The van der Waals surface area contributed by atoms with Gasteiger partial charge in [0.15, 0.2) is 6.10 Å². The van der Waals surface area contributed by atoms with Crippen LogP contribution >= 0.6 is 0 Å². The Labute approximate surface area is 46.1 Å². The highest BCUT2D eigenvalue weighted by Crippen LogP contribution is 1.88. The van der Waals surface area contributed by atoms with Crippen LogP contribution in [0, 0.1) is 0 Å². The van der Waals surface area contributed by atoms with Crippen LogP contribution in [0.2, 0.25) is 0 Å². The largest absolute Gasteiger partial charge is 0.479 e. The summed E-state index contributed by atoms with van der Waals surface area (Å²) in [6.07, 6.45) is -1.30. The van der Waals surface area contributed by atoms with E-state index in [1.165, 1.54) is 0 Å². The molecule has 0 rings (SSSR count). The number of hydrogen-bond donors (Lipinski definition) is 1. The minimum absolute atomic E-state index is 0.980. The zero-order valence-corrected chi connectivity index (χ0v) is 4.43. The normalized spacial score (nSPS) is 13.2. The molecule has 0 radical (unpaired) electrons. The molecular weight excluding hydrogens is 115 g/mol. The molecule has 0 aromatic heterocycles. The standard InChI is InChI=1S/C4H7FO3/c1-8-3(2-5)4(6)7/h3H,2H2,1H3,(H,6,7). The molecule has 0 saturated heterocycles. The number of carboxylic acids is 1. The number of aliphatic carboxylic acids is 1. The predicted octanol–water partition coefficient (Wildman–Crippen LogP) is 0.0555. The van der Waals surface area contributed by atoms with Crippen molar-refractivity contribution in [2.45, 2.75) is 6.10 Å². The number of ether oxygens (including phenoxy) is 1. The maximum Gasteiger partial charge on any atom is 0.335 e. The van der Waals surface area contributed by atoms with Crippen LogP contribution in [0.3, 0.4) is 0 Å². The summed E-state index contributed by atoms with van der Waals surface area (Å²) in [7, 11) is 1.15. The third-order valence-corrected chi connectivity index (χ3v) is 0.700. The van der Waals surface area contributed by atoms with Gasteiger partial charge in [0, 0.05) is 7.11 Å². The Hall–Kier alpha value is -0.640. The minimum atomic E-state index is -1.30. The molecule has 0 saturated carbocycles. The van der Waals surface area contributed by atoms with Gasteiger partial charge in [-0.15, -0.1) is 0 Å². The number of hydrogen-bond acceptors (Lipinski definition) is 2. The Morgan fingerprint density at radius 3 is 2.50 bits per heavy atom. The lowest BCUT2D eigenvalue weighted by atomic mass is 10.4. The summed E-state index contributed by atoms with van der Waals surface area (Å²) in [6, 6.07) is 0. The molecule has 0 heterocycles. The predicted molar refractivity (Wildman–Crippen MR) is 24.4 cm³/mol. The van der Waals surface area contributed by atoms with Gasteiger partial charge >= 0.3 is 5.97 Å². The molecule has 0 aromatic rings. The van der Waals surface area contributed by atoms with E-state index in [0.717, 1.165) is 7.11 Å².